The summed E-state index contributed by atoms with van der Waals surface area (Å²) in [7, 11) is 0. The lowest BCUT2D eigenvalue weighted by Gasteiger charge is -2.39. The highest BCUT2D eigenvalue weighted by atomic mass is 16.7. The Bertz CT molecular complexity index is 1390. The van der Waals surface area contributed by atoms with Crippen LogP contribution in [0.3, 0.4) is 0 Å². The van der Waals surface area contributed by atoms with Crippen LogP contribution in [0.25, 0.3) is 5.69 Å². The fourth-order valence-electron chi connectivity index (χ4n) is 4.45. The van der Waals surface area contributed by atoms with Gasteiger partial charge in [0.2, 0.25) is 12.2 Å². The number of aromatic nitrogens is 2. The Morgan fingerprint density at radius 2 is 1.66 bits per heavy atom. The number of amides is 2. The van der Waals surface area contributed by atoms with E-state index in [9.17, 15) is 30.0 Å². The quantitative estimate of drug-likeness (QED) is 0.260. The summed E-state index contributed by atoms with van der Waals surface area (Å²) in [6.07, 6.45) is -5.83. The van der Waals surface area contributed by atoms with Gasteiger partial charge in [-0.15, -0.1) is 0 Å². The molecule has 14 heteroatoms. The molecule has 4 N–H and O–H groups in total. The van der Waals surface area contributed by atoms with Gasteiger partial charge in [-0.05, 0) is 37.6 Å². The van der Waals surface area contributed by atoms with Gasteiger partial charge in [0.25, 0.3) is 5.91 Å². The van der Waals surface area contributed by atoms with Crippen molar-refractivity contribution >= 4 is 23.4 Å². The lowest BCUT2D eigenvalue weighted by Crippen LogP contribution is -2.60. The second kappa shape index (κ2) is 15.4. The number of ether oxygens (including phenoxy) is 3. The zero-order valence-electron chi connectivity index (χ0n) is 24.4. The molecular formula is C30H37N5O9. The van der Waals surface area contributed by atoms with E-state index in [0.717, 1.165) is 17.1 Å². The van der Waals surface area contributed by atoms with Crippen LogP contribution in [-0.4, -0.2) is 103 Å². The largest absolute Gasteiger partial charge is 0.456 e. The summed E-state index contributed by atoms with van der Waals surface area (Å²) in [5.74, 6) is 0.455. The van der Waals surface area contributed by atoms with Crippen LogP contribution in [-0.2, 0) is 14.3 Å². The number of carbonyl (C=O) groups excluding carboxylic acids is 2. The predicted octanol–water partition coefficient (Wildman–Crippen LogP) is 1.66. The first kappa shape index (κ1) is 32.6. The minimum atomic E-state index is -1.68. The second-order valence-corrected chi connectivity index (χ2v) is 10.1. The Labute approximate surface area is 254 Å². The molecule has 5 rings (SSSR count). The maximum Gasteiger partial charge on any atom is 0.414 e. The number of aliphatic hydroxyl groups excluding tert-OH is 4. The SMILES string of the molecule is CC1=NN(c2ccccc2)C(=O)C1.CCCN(COc1ccnn1-c1ccccc1)C(=O)O[C@@H]1O[C@H](CO)[C@@H](O)[C@H](O)[C@H]1O. The minimum absolute atomic E-state index is 0.0451. The molecule has 5 atom stereocenters. The number of rotatable bonds is 9. The van der Waals surface area contributed by atoms with Crippen molar-refractivity contribution in [2.45, 2.75) is 57.4 Å². The van der Waals surface area contributed by atoms with Crippen molar-refractivity contribution in [3.8, 4) is 11.6 Å². The van der Waals surface area contributed by atoms with E-state index in [1.807, 2.05) is 74.5 Å². The normalized spacial score (nSPS) is 23.0. The molecule has 2 aliphatic rings. The molecule has 0 saturated carbocycles. The molecule has 2 aromatic carbocycles. The Morgan fingerprint density at radius 1 is 1.00 bits per heavy atom. The average molecular weight is 612 g/mol. The molecule has 1 aromatic heterocycles. The van der Waals surface area contributed by atoms with E-state index in [2.05, 4.69) is 10.2 Å². The molecule has 1 fully saturated rings. The Kier molecular flexibility index (Phi) is 11.4. The lowest BCUT2D eigenvalue weighted by atomic mass is 9.99. The van der Waals surface area contributed by atoms with Gasteiger partial charge in [0, 0.05) is 18.3 Å². The van der Waals surface area contributed by atoms with Crippen LogP contribution in [0.2, 0.25) is 0 Å². The van der Waals surface area contributed by atoms with Crippen LogP contribution in [0.5, 0.6) is 5.88 Å². The number of carbonyl (C=O) groups is 2. The average Bonchev–Trinajstić information content (AvgIpc) is 3.65. The van der Waals surface area contributed by atoms with E-state index in [1.54, 1.807) is 16.9 Å². The number of aliphatic hydroxyl groups is 4. The van der Waals surface area contributed by atoms with E-state index in [4.69, 9.17) is 14.2 Å². The monoisotopic (exact) mass is 611 g/mol. The van der Waals surface area contributed by atoms with Crippen molar-refractivity contribution in [1.82, 2.24) is 14.7 Å². The molecule has 0 radical (unpaired) electrons. The summed E-state index contributed by atoms with van der Waals surface area (Å²) in [5.41, 5.74) is 2.49. The topological polar surface area (TPSA) is 179 Å². The van der Waals surface area contributed by atoms with Crippen molar-refractivity contribution in [3.63, 3.8) is 0 Å². The number of hydrogen-bond acceptors (Lipinski definition) is 11. The van der Waals surface area contributed by atoms with Crippen molar-refractivity contribution in [1.29, 1.82) is 0 Å². The molecule has 0 aliphatic carbocycles. The summed E-state index contributed by atoms with van der Waals surface area (Å²) in [5, 5.41) is 48.8. The van der Waals surface area contributed by atoms with Crippen LogP contribution < -0.4 is 9.75 Å². The molecule has 44 heavy (non-hydrogen) atoms. The van der Waals surface area contributed by atoms with E-state index in [1.165, 1.54) is 9.91 Å². The van der Waals surface area contributed by atoms with Crippen LogP contribution >= 0.6 is 0 Å². The first-order chi connectivity index (χ1) is 21.2. The number of hydrogen-bond donors (Lipinski definition) is 4. The highest BCUT2D eigenvalue weighted by molar-refractivity contribution is 6.12. The van der Waals surface area contributed by atoms with Gasteiger partial charge in [0.15, 0.2) is 6.73 Å². The van der Waals surface area contributed by atoms with Crippen LogP contribution in [0, 0.1) is 0 Å². The number of benzene rings is 2. The third-order valence-electron chi connectivity index (χ3n) is 6.71. The van der Waals surface area contributed by atoms with Gasteiger partial charge >= 0.3 is 6.09 Å². The minimum Gasteiger partial charge on any atom is -0.456 e. The number of para-hydroxylation sites is 2. The zero-order valence-corrected chi connectivity index (χ0v) is 24.4. The van der Waals surface area contributed by atoms with Crippen molar-refractivity contribution < 1.29 is 44.2 Å². The Morgan fingerprint density at radius 3 is 2.25 bits per heavy atom. The first-order valence-corrected chi connectivity index (χ1v) is 14.1. The molecule has 3 heterocycles. The smallest absolute Gasteiger partial charge is 0.414 e. The Balaban J connectivity index is 0.000000281. The number of nitrogens with zero attached hydrogens (tertiary/aromatic N) is 5. The third kappa shape index (κ3) is 7.98. The van der Waals surface area contributed by atoms with Crippen LogP contribution in [0.15, 0.2) is 78.0 Å². The van der Waals surface area contributed by atoms with Gasteiger partial charge in [-0.2, -0.15) is 10.2 Å². The van der Waals surface area contributed by atoms with Gasteiger partial charge in [-0.25, -0.2) is 14.5 Å². The predicted molar refractivity (Wildman–Crippen MR) is 158 cm³/mol. The lowest BCUT2D eigenvalue weighted by molar-refractivity contribution is -0.286. The van der Waals surface area contributed by atoms with E-state index in [0.29, 0.717) is 18.7 Å². The molecule has 2 aliphatic heterocycles. The summed E-state index contributed by atoms with van der Waals surface area (Å²) < 4.78 is 17.7. The van der Waals surface area contributed by atoms with Gasteiger partial charge < -0.3 is 34.6 Å². The van der Waals surface area contributed by atoms with Crippen LogP contribution in [0.4, 0.5) is 10.5 Å². The van der Waals surface area contributed by atoms with E-state index >= 15 is 0 Å². The highest BCUT2D eigenvalue weighted by Gasteiger charge is 2.45. The molecule has 14 nitrogen and oxygen atoms in total. The van der Waals surface area contributed by atoms with Crippen LogP contribution in [0.1, 0.15) is 26.7 Å². The number of anilines is 1. The molecule has 1 saturated heterocycles. The van der Waals surface area contributed by atoms with Gasteiger partial charge in [-0.1, -0.05) is 43.3 Å². The number of hydrazone groups is 1. The van der Waals surface area contributed by atoms with Crippen molar-refractivity contribution in [2.75, 3.05) is 24.9 Å². The van der Waals surface area contributed by atoms with Crippen molar-refractivity contribution in [2.24, 2.45) is 5.10 Å². The van der Waals surface area contributed by atoms with Gasteiger partial charge in [0.1, 0.15) is 24.4 Å². The molecule has 0 bridgehead atoms. The third-order valence-corrected chi connectivity index (χ3v) is 6.71. The molecule has 236 valence electrons. The summed E-state index contributed by atoms with van der Waals surface area (Å²) >= 11 is 0. The summed E-state index contributed by atoms with van der Waals surface area (Å²) in [6.45, 7) is 3.23. The summed E-state index contributed by atoms with van der Waals surface area (Å²) in [6, 6.07) is 20.4. The maximum absolute atomic E-state index is 12.6. The van der Waals surface area contributed by atoms with Gasteiger partial charge in [0.05, 0.1) is 30.6 Å². The maximum atomic E-state index is 12.6. The van der Waals surface area contributed by atoms with Crippen molar-refractivity contribution in [3.05, 3.63) is 72.9 Å². The second-order valence-electron chi connectivity index (χ2n) is 10.1. The standard InChI is InChI=1S/C20H27N3O8.C10H10N2O/c1-2-10-22(12-29-15-8-9-21-23(15)13-6-4-3-5-7-13)20(28)31-19-18(27)17(26)16(25)14(11-24)30-19;1-8-7-10(13)12(11-8)9-5-3-2-4-6-9/h3-9,14,16-19,24-27H,2,10-12H2,1H3;2-6H,7H2,1H3/t14-,16-,17+,18-,19+;/m1./s1. The fourth-order valence-corrected chi connectivity index (χ4v) is 4.45. The molecule has 0 spiro atoms. The molecule has 2 amide bonds. The van der Waals surface area contributed by atoms with E-state index in [-0.39, 0.29) is 19.2 Å². The molecule has 0 unspecified atom stereocenters. The molecule has 3 aromatic rings. The fraction of sp³-hybridized carbons (Fsp3) is 0.400. The zero-order chi connectivity index (χ0) is 31.6. The first-order valence-electron chi connectivity index (χ1n) is 14.1. The van der Waals surface area contributed by atoms with E-state index < -0.39 is 43.4 Å². The highest BCUT2D eigenvalue weighted by Crippen LogP contribution is 2.23. The van der Waals surface area contributed by atoms with Gasteiger partial charge in [-0.3, -0.25) is 9.69 Å². The molecular weight excluding hydrogens is 574 g/mol. The summed E-state index contributed by atoms with van der Waals surface area (Å²) in [4.78, 5) is 25.3. The Hall–Kier alpha value is -4.34.